The van der Waals surface area contributed by atoms with Gasteiger partial charge >= 0.3 is 0 Å². The molecule has 0 saturated heterocycles. The largest absolute Gasteiger partial charge is 0.285 e. The average Bonchev–Trinajstić information content (AvgIpc) is 2.81. The van der Waals surface area contributed by atoms with Crippen LogP contribution in [0.5, 0.6) is 0 Å². The van der Waals surface area contributed by atoms with Gasteiger partial charge in [0.1, 0.15) is 0 Å². The molecule has 30 heavy (non-hydrogen) atoms. The fourth-order valence-electron chi connectivity index (χ4n) is 4.09. The molecule has 0 amide bonds. The zero-order valence-corrected chi connectivity index (χ0v) is 16.9. The number of benzene rings is 2. The highest BCUT2D eigenvalue weighted by Gasteiger charge is 2.23. The first kappa shape index (κ1) is 18.6. The highest BCUT2D eigenvalue weighted by atomic mass is 14.9. The summed E-state index contributed by atoms with van der Waals surface area (Å²) in [5.74, 6) is 0. The van der Waals surface area contributed by atoms with Crippen LogP contribution in [0.2, 0.25) is 0 Å². The van der Waals surface area contributed by atoms with Crippen molar-refractivity contribution in [1.82, 2.24) is 9.97 Å². The number of rotatable bonds is 4. The first-order chi connectivity index (χ1) is 14.8. The fourth-order valence-corrected chi connectivity index (χ4v) is 4.09. The van der Waals surface area contributed by atoms with Crippen LogP contribution < -0.4 is 0 Å². The average molecular weight is 393 g/mol. The predicted octanol–water partition coefficient (Wildman–Crippen LogP) is 5.63. The molecular weight excluding hydrogens is 368 g/mol. The second kappa shape index (κ2) is 8.54. The van der Waals surface area contributed by atoms with Crippen molar-refractivity contribution in [3.8, 4) is 0 Å². The maximum atomic E-state index is 4.88. The molecule has 0 aliphatic heterocycles. The molecule has 0 spiro atoms. The smallest absolute Gasteiger partial charge is 0.0815 e. The van der Waals surface area contributed by atoms with Gasteiger partial charge in [-0.1, -0.05) is 61.4 Å². The number of para-hydroxylation sites is 2. The SMILES string of the molecule is C(=N[C@H]1CCCC[C@@H]1N=Cc1ccc2ccccc2n1)c1ccc2ccccc2n1. The van der Waals surface area contributed by atoms with E-state index in [0.29, 0.717) is 0 Å². The van der Waals surface area contributed by atoms with Gasteiger partial charge in [0.25, 0.3) is 0 Å². The van der Waals surface area contributed by atoms with E-state index in [2.05, 4.69) is 24.3 Å². The van der Waals surface area contributed by atoms with E-state index in [1.54, 1.807) is 0 Å². The Kier molecular flexibility index (Phi) is 5.30. The van der Waals surface area contributed by atoms with Gasteiger partial charge in [-0.25, -0.2) is 9.97 Å². The number of nitrogens with zero attached hydrogens (tertiary/aromatic N) is 4. The van der Waals surface area contributed by atoms with Gasteiger partial charge in [0.15, 0.2) is 0 Å². The summed E-state index contributed by atoms with van der Waals surface area (Å²) >= 11 is 0. The van der Waals surface area contributed by atoms with Crippen molar-refractivity contribution in [2.45, 2.75) is 37.8 Å². The first-order valence-corrected chi connectivity index (χ1v) is 10.6. The van der Waals surface area contributed by atoms with Gasteiger partial charge < -0.3 is 0 Å². The maximum absolute atomic E-state index is 4.88. The van der Waals surface area contributed by atoms with E-state index >= 15 is 0 Å². The van der Waals surface area contributed by atoms with Crippen LogP contribution in [-0.4, -0.2) is 34.5 Å². The number of aromatic nitrogens is 2. The molecule has 1 fully saturated rings. The summed E-state index contributed by atoms with van der Waals surface area (Å²) in [5.41, 5.74) is 3.81. The Hall–Kier alpha value is -3.40. The molecule has 4 aromatic rings. The Labute approximate surface area is 176 Å². The molecule has 5 rings (SSSR count). The van der Waals surface area contributed by atoms with Crippen molar-refractivity contribution in [3.05, 3.63) is 84.2 Å². The van der Waals surface area contributed by atoms with Crippen LogP contribution in [0.1, 0.15) is 37.1 Å². The molecule has 1 aliphatic carbocycles. The molecule has 0 unspecified atom stereocenters. The van der Waals surface area contributed by atoms with Crippen LogP contribution in [0.3, 0.4) is 0 Å². The molecule has 4 nitrogen and oxygen atoms in total. The van der Waals surface area contributed by atoms with Crippen LogP contribution in [-0.2, 0) is 0 Å². The lowest BCUT2D eigenvalue weighted by Gasteiger charge is -2.25. The van der Waals surface area contributed by atoms with Crippen molar-refractivity contribution in [1.29, 1.82) is 0 Å². The molecule has 0 N–H and O–H groups in total. The number of hydrogen-bond donors (Lipinski definition) is 0. The van der Waals surface area contributed by atoms with Gasteiger partial charge in [-0.3, -0.25) is 9.98 Å². The molecular formula is C26H24N4. The molecule has 2 atom stereocenters. The minimum Gasteiger partial charge on any atom is -0.285 e. The zero-order chi connectivity index (χ0) is 20.2. The van der Waals surface area contributed by atoms with E-state index < -0.39 is 0 Å². The van der Waals surface area contributed by atoms with Crippen molar-refractivity contribution < 1.29 is 0 Å². The van der Waals surface area contributed by atoms with Crippen LogP contribution in [0.25, 0.3) is 21.8 Å². The highest BCUT2D eigenvalue weighted by molar-refractivity contribution is 5.86. The summed E-state index contributed by atoms with van der Waals surface area (Å²) in [4.78, 5) is 19.2. The normalized spacial score (nSPS) is 19.9. The van der Waals surface area contributed by atoms with Crippen LogP contribution in [0.4, 0.5) is 0 Å². The van der Waals surface area contributed by atoms with Crippen molar-refractivity contribution >= 4 is 34.2 Å². The van der Waals surface area contributed by atoms with Crippen LogP contribution >= 0.6 is 0 Å². The second-order valence-corrected chi connectivity index (χ2v) is 7.83. The van der Waals surface area contributed by atoms with E-state index in [1.807, 2.05) is 61.0 Å². The molecule has 2 aromatic carbocycles. The molecule has 2 aromatic heterocycles. The summed E-state index contributed by atoms with van der Waals surface area (Å²) in [5, 5.41) is 2.30. The van der Waals surface area contributed by atoms with E-state index in [-0.39, 0.29) is 12.1 Å². The third-order valence-corrected chi connectivity index (χ3v) is 5.73. The van der Waals surface area contributed by atoms with E-state index in [9.17, 15) is 0 Å². The Morgan fingerprint density at radius 1 is 0.600 bits per heavy atom. The molecule has 148 valence electrons. The van der Waals surface area contributed by atoms with Gasteiger partial charge in [-0.05, 0) is 37.1 Å². The summed E-state index contributed by atoms with van der Waals surface area (Å²) in [6.07, 6.45) is 8.37. The van der Waals surface area contributed by atoms with E-state index in [1.165, 1.54) is 12.8 Å². The quantitative estimate of drug-likeness (QED) is 0.423. The Bertz CT molecular complexity index is 1130. The van der Waals surface area contributed by atoms with Gasteiger partial charge in [0.2, 0.25) is 0 Å². The summed E-state index contributed by atoms with van der Waals surface area (Å²) < 4.78 is 0. The lowest BCUT2D eigenvalue weighted by molar-refractivity contribution is 0.390. The Balaban J connectivity index is 1.34. The van der Waals surface area contributed by atoms with Gasteiger partial charge in [0.05, 0.1) is 34.5 Å². The van der Waals surface area contributed by atoms with E-state index in [4.69, 9.17) is 20.0 Å². The third-order valence-electron chi connectivity index (χ3n) is 5.73. The summed E-state index contributed by atoms with van der Waals surface area (Å²) in [6.45, 7) is 0. The molecule has 0 radical (unpaired) electrons. The number of pyridine rings is 2. The zero-order valence-electron chi connectivity index (χ0n) is 16.9. The molecule has 1 saturated carbocycles. The minimum absolute atomic E-state index is 0.198. The number of fused-ring (bicyclic) bond motifs is 2. The van der Waals surface area contributed by atoms with Gasteiger partial charge in [-0.15, -0.1) is 0 Å². The Morgan fingerprint density at radius 3 is 1.57 bits per heavy atom. The third kappa shape index (κ3) is 4.13. The monoisotopic (exact) mass is 392 g/mol. The second-order valence-electron chi connectivity index (χ2n) is 7.83. The standard InChI is InChI=1S/C26H24N4/c1-3-9-23-19(7-1)13-15-21(29-23)17-27-25-11-5-6-12-26(25)28-18-22-16-14-20-8-2-4-10-24(20)30-22/h1-4,7-10,13-18,25-26H,5-6,11-12H2/t25-,26-/m0/s1. The predicted molar refractivity (Wildman–Crippen MR) is 125 cm³/mol. The first-order valence-electron chi connectivity index (χ1n) is 10.6. The van der Waals surface area contributed by atoms with Crippen LogP contribution in [0, 0.1) is 0 Å². The summed E-state index contributed by atoms with van der Waals surface area (Å²) in [7, 11) is 0. The van der Waals surface area contributed by atoms with Crippen molar-refractivity contribution in [3.63, 3.8) is 0 Å². The lowest BCUT2D eigenvalue weighted by atomic mass is 9.91. The molecule has 1 aliphatic rings. The fraction of sp³-hybridized carbons (Fsp3) is 0.231. The number of aliphatic imine (C=N–C) groups is 2. The van der Waals surface area contributed by atoms with Crippen LogP contribution in [0.15, 0.2) is 82.8 Å². The molecule has 0 bridgehead atoms. The molecule has 4 heteroatoms. The minimum atomic E-state index is 0.198. The highest BCUT2D eigenvalue weighted by Crippen LogP contribution is 2.24. The topological polar surface area (TPSA) is 50.5 Å². The number of hydrogen-bond acceptors (Lipinski definition) is 4. The Morgan fingerprint density at radius 2 is 1.07 bits per heavy atom. The molecule has 2 heterocycles. The van der Waals surface area contributed by atoms with Gasteiger partial charge in [0, 0.05) is 23.2 Å². The summed E-state index contributed by atoms with van der Waals surface area (Å²) in [6, 6.07) is 25.0. The maximum Gasteiger partial charge on any atom is 0.0815 e. The van der Waals surface area contributed by atoms with Gasteiger partial charge in [-0.2, -0.15) is 0 Å². The van der Waals surface area contributed by atoms with Crippen molar-refractivity contribution in [2.75, 3.05) is 0 Å². The lowest BCUT2D eigenvalue weighted by Crippen LogP contribution is -2.27. The van der Waals surface area contributed by atoms with Crippen molar-refractivity contribution in [2.24, 2.45) is 9.98 Å². The van der Waals surface area contributed by atoms with E-state index in [0.717, 1.165) is 46.0 Å².